The van der Waals surface area contributed by atoms with Crippen molar-refractivity contribution in [1.29, 1.82) is 0 Å². The Labute approximate surface area is 121 Å². The minimum absolute atomic E-state index is 0.107. The number of ether oxygens (including phenoxy) is 1. The molecule has 1 aromatic heterocycles. The van der Waals surface area contributed by atoms with E-state index in [0.29, 0.717) is 10.7 Å². The second-order valence-electron chi connectivity index (χ2n) is 4.14. The number of hydrogen-bond acceptors (Lipinski definition) is 4. The van der Waals surface area contributed by atoms with Gasteiger partial charge in [0.1, 0.15) is 0 Å². The molecule has 0 saturated carbocycles. The third-order valence-electron chi connectivity index (χ3n) is 2.76. The SMILES string of the molecule is COC(=O)c1ccccc1-n1nc(C(F)(F)F)cc1C(=O)O. The maximum atomic E-state index is 12.7. The lowest BCUT2D eigenvalue weighted by Crippen LogP contribution is -2.14. The number of benzene rings is 1. The van der Waals surface area contributed by atoms with Crippen LogP contribution in [0, 0.1) is 0 Å². The van der Waals surface area contributed by atoms with E-state index in [-0.39, 0.29) is 11.3 Å². The summed E-state index contributed by atoms with van der Waals surface area (Å²) in [5.74, 6) is -2.43. The standard InChI is InChI=1S/C13H9F3N2O4/c1-22-12(21)7-4-2-3-5-8(7)18-9(11(19)20)6-10(17-18)13(14,15)16/h2-6H,1H3,(H,19,20). The molecule has 1 aromatic carbocycles. The van der Waals surface area contributed by atoms with Crippen molar-refractivity contribution in [2.24, 2.45) is 0 Å². The van der Waals surface area contributed by atoms with E-state index < -0.39 is 29.5 Å². The summed E-state index contributed by atoms with van der Waals surface area (Å²) < 4.78 is 43.3. The molecule has 22 heavy (non-hydrogen) atoms. The summed E-state index contributed by atoms with van der Waals surface area (Å²) in [5, 5.41) is 12.3. The Morgan fingerprint density at radius 3 is 2.45 bits per heavy atom. The Kier molecular flexibility index (Phi) is 3.89. The molecule has 6 nitrogen and oxygen atoms in total. The molecule has 0 radical (unpaired) electrons. The van der Waals surface area contributed by atoms with Crippen LogP contribution in [0.1, 0.15) is 26.5 Å². The number of methoxy groups -OCH3 is 1. The van der Waals surface area contributed by atoms with Gasteiger partial charge in [-0.05, 0) is 12.1 Å². The van der Waals surface area contributed by atoms with Crippen LogP contribution in [0.3, 0.4) is 0 Å². The van der Waals surface area contributed by atoms with Crippen molar-refractivity contribution in [2.45, 2.75) is 6.18 Å². The molecular formula is C13H9F3N2O4. The van der Waals surface area contributed by atoms with Gasteiger partial charge in [-0.3, -0.25) is 0 Å². The van der Waals surface area contributed by atoms with Gasteiger partial charge in [0, 0.05) is 6.07 Å². The summed E-state index contributed by atoms with van der Waals surface area (Å²) in [5.41, 5.74) is -2.32. The highest BCUT2D eigenvalue weighted by Gasteiger charge is 2.36. The first-order valence-electron chi connectivity index (χ1n) is 5.84. The number of carbonyl (C=O) groups is 2. The maximum absolute atomic E-state index is 12.7. The number of halogens is 3. The Morgan fingerprint density at radius 2 is 1.91 bits per heavy atom. The number of rotatable bonds is 3. The molecule has 1 N–H and O–H groups in total. The minimum atomic E-state index is -4.81. The first kappa shape index (κ1) is 15.5. The molecule has 2 rings (SSSR count). The zero-order chi connectivity index (χ0) is 16.5. The van der Waals surface area contributed by atoms with Gasteiger partial charge in [0.25, 0.3) is 0 Å². The zero-order valence-corrected chi connectivity index (χ0v) is 11.1. The van der Waals surface area contributed by atoms with Crippen LogP contribution in [0.4, 0.5) is 13.2 Å². The average molecular weight is 314 g/mol. The number of nitrogens with zero attached hydrogens (tertiary/aromatic N) is 2. The van der Waals surface area contributed by atoms with Gasteiger partial charge in [-0.1, -0.05) is 12.1 Å². The Hall–Kier alpha value is -2.84. The summed E-state index contributed by atoms with van der Waals surface area (Å²) >= 11 is 0. The van der Waals surface area contributed by atoms with Gasteiger partial charge in [-0.15, -0.1) is 0 Å². The lowest BCUT2D eigenvalue weighted by atomic mass is 10.2. The molecule has 0 aliphatic heterocycles. The largest absolute Gasteiger partial charge is 0.477 e. The minimum Gasteiger partial charge on any atom is -0.477 e. The van der Waals surface area contributed by atoms with Gasteiger partial charge < -0.3 is 9.84 Å². The number of para-hydroxylation sites is 1. The van der Waals surface area contributed by atoms with Crippen molar-refractivity contribution in [3.63, 3.8) is 0 Å². The second kappa shape index (κ2) is 5.51. The summed E-state index contributed by atoms with van der Waals surface area (Å²) in [6.07, 6.45) is -4.81. The molecule has 2 aromatic rings. The van der Waals surface area contributed by atoms with E-state index in [1.165, 1.54) is 24.3 Å². The van der Waals surface area contributed by atoms with E-state index in [1.54, 1.807) is 0 Å². The van der Waals surface area contributed by atoms with Crippen LogP contribution in [-0.2, 0) is 10.9 Å². The van der Waals surface area contributed by atoms with Gasteiger partial charge >= 0.3 is 18.1 Å². The molecule has 0 spiro atoms. The second-order valence-corrected chi connectivity index (χ2v) is 4.14. The molecular weight excluding hydrogens is 305 g/mol. The van der Waals surface area contributed by atoms with E-state index in [2.05, 4.69) is 9.84 Å². The normalized spacial score (nSPS) is 11.3. The van der Waals surface area contributed by atoms with Gasteiger partial charge in [0.15, 0.2) is 11.4 Å². The number of esters is 1. The van der Waals surface area contributed by atoms with E-state index in [0.717, 1.165) is 7.11 Å². The van der Waals surface area contributed by atoms with Crippen LogP contribution < -0.4 is 0 Å². The molecule has 9 heteroatoms. The van der Waals surface area contributed by atoms with E-state index >= 15 is 0 Å². The topological polar surface area (TPSA) is 81.4 Å². The molecule has 116 valence electrons. The third-order valence-corrected chi connectivity index (χ3v) is 2.76. The predicted octanol–water partition coefficient (Wildman–Crippen LogP) is 2.38. The molecule has 0 saturated heterocycles. The van der Waals surface area contributed by atoms with Gasteiger partial charge in [-0.25, -0.2) is 14.3 Å². The molecule has 1 heterocycles. The van der Waals surface area contributed by atoms with Crippen LogP contribution in [0.15, 0.2) is 30.3 Å². The predicted molar refractivity (Wildman–Crippen MR) is 66.9 cm³/mol. The van der Waals surface area contributed by atoms with Crippen molar-refractivity contribution in [1.82, 2.24) is 9.78 Å². The number of carboxylic acid groups (broad SMARTS) is 1. The summed E-state index contributed by atoms with van der Waals surface area (Å²) in [4.78, 5) is 22.8. The average Bonchev–Trinajstić information content (AvgIpc) is 2.91. The number of alkyl halides is 3. The molecule has 0 unspecified atom stereocenters. The van der Waals surface area contributed by atoms with Gasteiger partial charge in [0.05, 0.1) is 18.4 Å². The van der Waals surface area contributed by atoms with Crippen LogP contribution in [-0.4, -0.2) is 33.9 Å². The lowest BCUT2D eigenvalue weighted by Gasteiger charge is -2.09. The highest BCUT2D eigenvalue weighted by molar-refractivity contribution is 5.94. The number of aromatic nitrogens is 2. The highest BCUT2D eigenvalue weighted by Crippen LogP contribution is 2.30. The fraction of sp³-hybridized carbons (Fsp3) is 0.154. The Bertz CT molecular complexity index is 737. The summed E-state index contributed by atoms with van der Waals surface area (Å²) in [6.45, 7) is 0. The molecule has 0 amide bonds. The fourth-order valence-corrected chi connectivity index (χ4v) is 1.80. The number of carbonyl (C=O) groups excluding carboxylic acids is 1. The summed E-state index contributed by atoms with van der Waals surface area (Å²) in [6, 6.07) is 5.86. The molecule has 0 fully saturated rings. The van der Waals surface area contributed by atoms with Crippen molar-refractivity contribution in [2.75, 3.05) is 7.11 Å². The highest BCUT2D eigenvalue weighted by atomic mass is 19.4. The molecule has 0 aliphatic rings. The lowest BCUT2D eigenvalue weighted by molar-refractivity contribution is -0.141. The maximum Gasteiger partial charge on any atom is 0.435 e. The van der Waals surface area contributed by atoms with E-state index in [9.17, 15) is 22.8 Å². The quantitative estimate of drug-likeness (QED) is 0.880. The Morgan fingerprint density at radius 1 is 1.27 bits per heavy atom. The zero-order valence-electron chi connectivity index (χ0n) is 11.1. The molecule has 0 bridgehead atoms. The van der Waals surface area contributed by atoms with Crippen LogP contribution in [0.5, 0.6) is 0 Å². The molecule has 0 aliphatic carbocycles. The van der Waals surface area contributed by atoms with E-state index in [4.69, 9.17) is 5.11 Å². The van der Waals surface area contributed by atoms with Gasteiger partial charge in [-0.2, -0.15) is 18.3 Å². The first-order chi connectivity index (χ1) is 10.3. The number of carboxylic acids is 1. The van der Waals surface area contributed by atoms with Crippen LogP contribution in [0.25, 0.3) is 5.69 Å². The smallest absolute Gasteiger partial charge is 0.435 e. The monoisotopic (exact) mass is 314 g/mol. The fourth-order valence-electron chi connectivity index (χ4n) is 1.80. The number of aromatic carboxylic acids is 1. The first-order valence-corrected chi connectivity index (χ1v) is 5.84. The van der Waals surface area contributed by atoms with Crippen LogP contribution in [0.2, 0.25) is 0 Å². The van der Waals surface area contributed by atoms with Gasteiger partial charge in [0.2, 0.25) is 0 Å². The van der Waals surface area contributed by atoms with Crippen molar-refractivity contribution in [3.05, 3.63) is 47.3 Å². The molecule has 0 atom stereocenters. The summed E-state index contributed by atoms with van der Waals surface area (Å²) in [7, 11) is 1.10. The Balaban J connectivity index is 2.70. The van der Waals surface area contributed by atoms with Crippen molar-refractivity contribution < 1.29 is 32.6 Å². The van der Waals surface area contributed by atoms with E-state index in [1.807, 2.05) is 0 Å². The third kappa shape index (κ3) is 2.78. The van der Waals surface area contributed by atoms with Crippen molar-refractivity contribution in [3.8, 4) is 5.69 Å². The number of hydrogen-bond donors (Lipinski definition) is 1. The van der Waals surface area contributed by atoms with Crippen molar-refractivity contribution >= 4 is 11.9 Å². The van der Waals surface area contributed by atoms with Crippen LogP contribution >= 0.6 is 0 Å².